The molecule has 2 aliphatic rings. The lowest BCUT2D eigenvalue weighted by atomic mass is 10.2. The molecule has 2 saturated heterocycles. The molecule has 2 amide bonds. The van der Waals surface area contributed by atoms with Crippen molar-refractivity contribution in [2.75, 3.05) is 49.6 Å². The van der Waals surface area contributed by atoms with Crippen molar-refractivity contribution >= 4 is 23.2 Å². The number of carbonyl (C=O) groups is 2. The van der Waals surface area contributed by atoms with Gasteiger partial charge >= 0.3 is 0 Å². The van der Waals surface area contributed by atoms with Crippen molar-refractivity contribution in [1.82, 2.24) is 4.90 Å². The van der Waals surface area contributed by atoms with Gasteiger partial charge in [0.25, 0.3) is 0 Å². The largest absolute Gasteiger partial charge is 0.378 e. The van der Waals surface area contributed by atoms with Gasteiger partial charge in [-0.25, -0.2) is 0 Å². The molecule has 3 rings (SSSR count). The van der Waals surface area contributed by atoms with Crippen LogP contribution in [0.3, 0.4) is 0 Å². The van der Waals surface area contributed by atoms with Crippen LogP contribution in [0.15, 0.2) is 24.3 Å². The summed E-state index contributed by atoms with van der Waals surface area (Å²) in [5, 5.41) is 2.94. The van der Waals surface area contributed by atoms with Crippen molar-refractivity contribution in [3.8, 4) is 0 Å². The first kappa shape index (κ1) is 14.8. The maximum absolute atomic E-state index is 12.2. The molecule has 0 aromatic heterocycles. The fourth-order valence-corrected chi connectivity index (χ4v) is 2.89. The molecular weight excluding hydrogens is 282 g/mol. The monoisotopic (exact) mass is 303 g/mol. The van der Waals surface area contributed by atoms with Gasteiger partial charge < -0.3 is 19.9 Å². The highest BCUT2D eigenvalue weighted by Gasteiger charge is 2.23. The molecule has 0 saturated carbocycles. The molecule has 0 bridgehead atoms. The van der Waals surface area contributed by atoms with E-state index in [-0.39, 0.29) is 18.4 Å². The number of morpholine rings is 1. The first-order valence-corrected chi connectivity index (χ1v) is 7.73. The van der Waals surface area contributed by atoms with E-state index in [0.717, 1.165) is 30.9 Å². The van der Waals surface area contributed by atoms with E-state index >= 15 is 0 Å². The second-order valence-corrected chi connectivity index (χ2v) is 5.58. The van der Waals surface area contributed by atoms with Gasteiger partial charge in [0.05, 0.1) is 31.1 Å². The quantitative estimate of drug-likeness (QED) is 0.904. The normalized spacial score (nSPS) is 18.6. The van der Waals surface area contributed by atoms with E-state index in [0.29, 0.717) is 26.2 Å². The number of benzene rings is 1. The zero-order valence-corrected chi connectivity index (χ0v) is 12.6. The van der Waals surface area contributed by atoms with Crippen LogP contribution in [0.2, 0.25) is 0 Å². The molecule has 2 fully saturated rings. The van der Waals surface area contributed by atoms with Gasteiger partial charge in [0.1, 0.15) is 0 Å². The first-order chi connectivity index (χ1) is 10.7. The lowest BCUT2D eigenvalue weighted by molar-refractivity contribution is -0.131. The molecular formula is C16H21N3O3. The molecule has 0 atom stereocenters. The second-order valence-electron chi connectivity index (χ2n) is 5.58. The molecule has 22 heavy (non-hydrogen) atoms. The Morgan fingerprint density at radius 3 is 2.68 bits per heavy atom. The summed E-state index contributed by atoms with van der Waals surface area (Å²) < 4.78 is 5.37. The number of rotatable bonds is 4. The lowest BCUT2D eigenvalue weighted by Gasteiger charge is -2.30. The third kappa shape index (κ3) is 3.39. The number of likely N-dealkylation sites (tertiary alicyclic amines) is 1. The Kier molecular flexibility index (Phi) is 4.58. The molecule has 2 aliphatic heterocycles. The van der Waals surface area contributed by atoms with Crippen LogP contribution < -0.4 is 10.2 Å². The van der Waals surface area contributed by atoms with Gasteiger partial charge in [-0.3, -0.25) is 9.59 Å². The van der Waals surface area contributed by atoms with Crippen LogP contribution in [0.25, 0.3) is 0 Å². The zero-order chi connectivity index (χ0) is 15.4. The highest BCUT2D eigenvalue weighted by atomic mass is 16.5. The van der Waals surface area contributed by atoms with Crippen molar-refractivity contribution < 1.29 is 14.3 Å². The molecule has 0 aliphatic carbocycles. The topological polar surface area (TPSA) is 61.9 Å². The SMILES string of the molecule is O=C(CN1CCCC1=O)Nc1ccccc1N1CCOCC1. The molecule has 2 heterocycles. The second kappa shape index (κ2) is 6.79. The highest BCUT2D eigenvalue weighted by molar-refractivity contribution is 5.97. The van der Waals surface area contributed by atoms with Gasteiger partial charge in [0.15, 0.2) is 0 Å². The number of carbonyl (C=O) groups excluding carboxylic acids is 2. The molecule has 1 aromatic carbocycles. The average molecular weight is 303 g/mol. The van der Waals surface area contributed by atoms with Gasteiger partial charge in [-0.05, 0) is 18.6 Å². The lowest BCUT2D eigenvalue weighted by Crippen LogP contribution is -2.37. The van der Waals surface area contributed by atoms with Gasteiger partial charge in [-0.15, -0.1) is 0 Å². The van der Waals surface area contributed by atoms with Crippen LogP contribution >= 0.6 is 0 Å². The molecule has 0 unspecified atom stereocenters. The summed E-state index contributed by atoms with van der Waals surface area (Å²) in [4.78, 5) is 27.6. The summed E-state index contributed by atoms with van der Waals surface area (Å²) in [7, 11) is 0. The van der Waals surface area contributed by atoms with E-state index in [1.807, 2.05) is 24.3 Å². The van der Waals surface area contributed by atoms with Crippen LogP contribution in [0.4, 0.5) is 11.4 Å². The minimum Gasteiger partial charge on any atom is -0.378 e. The number of amides is 2. The van der Waals surface area contributed by atoms with Gasteiger partial charge in [0, 0.05) is 26.1 Å². The van der Waals surface area contributed by atoms with E-state index in [9.17, 15) is 9.59 Å². The Balaban J connectivity index is 1.66. The Labute approximate surface area is 130 Å². The number of ether oxygens (including phenoxy) is 1. The molecule has 0 spiro atoms. The van der Waals surface area contributed by atoms with Gasteiger partial charge in [-0.1, -0.05) is 12.1 Å². The van der Waals surface area contributed by atoms with Crippen molar-refractivity contribution in [1.29, 1.82) is 0 Å². The Bertz CT molecular complexity index is 555. The maximum Gasteiger partial charge on any atom is 0.244 e. The summed E-state index contributed by atoms with van der Waals surface area (Å²) >= 11 is 0. The van der Waals surface area contributed by atoms with Crippen molar-refractivity contribution in [2.45, 2.75) is 12.8 Å². The molecule has 118 valence electrons. The predicted molar refractivity (Wildman–Crippen MR) is 83.9 cm³/mol. The van der Waals surface area contributed by atoms with E-state index in [1.54, 1.807) is 4.90 Å². The summed E-state index contributed by atoms with van der Waals surface area (Å²) in [6.07, 6.45) is 1.40. The third-order valence-corrected chi connectivity index (χ3v) is 4.04. The first-order valence-electron chi connectivity index (χ1n) is 7.73. The zero-order valence-electron chi connectivity index (χ0n) is 12.6. The van der Waals surface area contributed by atoms with E-state index < -0.39 is 0 Å². The smallest absolute Gasteiger partial charge is 0.244 e. The summed E-state index contributed by atoms with van der Waals surface area (Å²) in [6, 6.07) is 7.77. The Hall–Kier alpha value is -2.08. The minimum atomic E-state index is -0.143. The fraction of sp³-hybridized carbons (Fsp3) is 0.500. The summed E-state index contributed by atoms with van der Waals surface area (Å²) in [6.45, 7) is 3.84. The van der Waals surface area contributed by atoms with Crippen LogP contribution in [-0.4, -0.2) is 56.1 Å². The van der Waals surface area contributed by atoms with Crippen LogP contribution in [0.5, 0.6) is 0 Å². The Morgan fingerprint density at radius 2 is 1.95 bits per heavy atom. The van der Waals surface area contributed by atoms with Crippen LogP contribution in [-0.2, 0) is 14.3 Å². The van der Waals surface area contributed by atoms with E-state index in [1.165, 1.54) is 0 Å². The van der Waals surface area contributed by atoms with E-state index in [2.05, 4.69) is 10.2 Å². The van der Waals surface area contributed by atoms with Crippen LogP contribution in [0.1, 0.15) is 12.8 Å². The van der Waals surface area contributed by atoms with Gasteiger partial charge in [-0.2, -0.15) is 0 Å². The van der Waals surface area contributed by atoms with Crippen LogP contribution in [0, 0.1) is 0 Å². The molecule has 1 N–H and O–H groups in total. The average Bonchev–Trinajstić information content (AvgIpc) is 2.94. The standard InChI is InChI=1S/C16H21N3O3/c20-15(12-19-7-3-6-16(19)21)17-13-4-1-2-5-14(13)18-8-10-22-11-9-18/h1-2,4-5H,3,6-12H2,(H,17,20). The van der Waals surface area contributed by atoms with Gasteiger partial charge in [0.2, 0.25) is 11.8 Å². The highest BCUT2D eigenvalue weighted by Crippen LogP contribution is 2.26. The Morgan fingerprint density at radius 1 is 1.18 bits per heavy atom. The molecule has 6 nitrogen and oxygen atoms in total. The number of anilines is 2. The van der Waals surface area contributed by atoms with Crippen molar-refractivity contribution in [3.63, 3.8) is 0 Å². The minimum absolute atomic E-state index is 0.0663. The van der Waals surface area contributed by atoms with Crippen molar-refractivity contribution in [2.24, 2.45) is 0 Å². The molecule has 1 aromatic rings. The number of nitrogens with zero attached hydrogens (tertiary/aromatic N) is 2. The molecule has 6 heteroatoms. The predicted octanol–water partition coefficient (Wildman–Crippen LogP) is 1.08. The number of nitrogens with one attached hydrogen (secondary N) is 1. The van der Waals surface area contributed by atoms with Crippen molar-refractivity contribution in [3.05, 3.63) is 24.3 Å². The summed E-state index contributed by atoms with van der Waals surface area (Å²) in [5.41, 5.74) is 1.80. The summed E-state index contributed by atoms with van der Waals surface area (Å²) in [5.74, 6) is -0.0763. The molecule has 0 radical (unpaired) electrons. The fourth-order valence-electron chi connectivity index (χ4n) is 2.89. The number of hydrogen-bond acceptors (Lipinski definition) is 4. The maximum atomic E-state index is 12.2. The number of hydrogen-bond donors (Lipinski definition) is 1. The number of para-hydroxylation sites is 2. The third-order valence-electron chi connectivity index (χ3n) is 4.04. The van der Waals surface area contributed by atoms with E-state index in [4.69, 9.17) is 4.74 Å².